The van der Waals surface area contributed by atoms with Crippen LogP contribution in [0.15, 0.2) is 18.2 Å². The summed E-state index contributed by atoms with van der Waals surface area (Å²) >= 11 is 5.73. The summed E-state index contributed by atoms with van der Waals surface area (Å²) in [6, 6.07) is 3.91. The third-order valence-electron chi connectivity index (χ3n) is 1.96. The summed E-state index contributed by atoms with van der Waals surface area (Å²) in [5.41, 5.74) is 0.852. The predicted octanol–water partition coefficient (Wildman–Crippen LogP) is 1.91. The molecule has 4 nitrogen and oxygen atoms in total. The molecule has 1 heterocycles. The lowest BCUT2D eigenvalue weighted by atomic mass is 10.3. The van der Waals surface area contributed by atoms with E-state index in [0.29, 0.717) is 11.0 Å². The molecule has 0 bridgehead atoms. The third-order valence-corrected chi connectivity index (χ3v) is 2.25. The van der Waals surface area contributed by atoms with Gasteiger partial charge in [0.2, 0.25) is 5.28 Å². The van der Waals surface area contributed by atoms with Crippen molar-refractivity contribution >= 4 is 28.6 Å². The van der Waals surface area contributed by atoms with Gasteiger partial charge in [-0.15, -0.1) is 0 Å². The molecule has 78 valence electrons. The van der Waals surface area contributed by atoms with Crippen molar-refractivity contribution in [2.45, 2.75) is 6.54 Å². The second-order valence-electron chi connectivity index (χ2n) is 2.99. The number of carboxylic acids is 1. The maximum absolute atomic E-state index is 12.9. The van der Waals surface area contributed by atoms with Gasteiger partial charge < -0.3 is 9.67 Å². The van der Waals surface area contributed by atoms with Crippen LogP contribution in [-0.2, 0) is 11.3 Å². The fourth-order valence-electron chi connectivity index (χ4n) is 1.35. The molecule has 0 radical (unpaired) electrons. The number of carboxylic acid groups (broad SMARTS) is 1. The zero-order valence-corrected chi connectivity index (χ0v) is 8.20. The van der Waals surface area contributed by atoms with Gasteiger partial charge in [0.25, 0.3) is 0 Å². The molecule has 0 spiro atoms. The highest BCUT2D eigenvalue weighted by atomic mass is 35.5. The molecule has 1 aromatic heterocycles. The quantitative estimate of drug-likeness (QED) is 0.854. The van der Waals surface area contributed by atoms with Crippen LogP contribution in [0.5, 0.6) is 0 Å². The molecular weight excluding hydrogens is 223 g/mol. The minimum Gasteiger partial charge on any atom is -0.480 e. The molecule has 6 heteroatoms. The first-order valence-corrected chi connectivity index (χ1v) is 4.49. The molecule has 2 aromatic rings. The molecule has 1 N–H and O–H groups in total. The Morgan fingerprint density at radius 3 is 3.00 bits per heavy atom. The van der Waals surface area contributed by atoms with Crippen molar-refractivity contribution in [3.63, 3.8) is 0 Å². The number of halogens is 2. The van der Waals surface area contributed by atoms with Gasteiger partial charge in [0, 0.05) is 0 Å². The Labute approximate surface area is 88.9 Å². The van der Waals surface area contributed by atoms with E-state index >= 15 is 0 Å². The average molecular weight is 229 g/mol. The van der Waals surface area contributed by atoms with Gasteiger partial charge in [0.1, 0.15) is 12.4 Å². The van der Waals surface area contributed by atoms with Crippen molar-refractivity contribution in [1.29, 1.82) is 0 Å². The molecule has 2 rings (SSSR count). The summed E-state index contributed by atoms with van der Waals surface area (Å²) in [5, 5.41) is 8.68. The maximum atomic E-state index is 12.9. The predicted molar refractivity (Wildman–Crippen MR) is 52.3 cm³/mol. The molecule has 0 aliphatic heterocycles. The van der Waals surface area contributed by atoms with E-state index in [1.807, 2.05) is 0 Å². The molecule has 0 unspecified atom stereocenters. The lowest BCUT2D eigenvalue weighted by Gasteiger charge is -2.00. The van der Waals surface area contributed by atoms with E-state index in [1.54, 1.807) is 0 Å². The largest absolute Gasteiger partial charge is 0.480 e. The van der Waals surface area contributed by atoms with E-state index < -0.39 is 11.8 Å². The van der Waals surface area contributed by atoms with E-state index in [2.05, 4.69) is 4.98 Å². The monoisotopic (exact) mass is 228 g/mol. The highest BCUT2D eigenvalue weighted by molar-refractivity contribution is 6.29. The lowest BCUT2D eigenvalue weighted by molar-refractivity contribution is -0.137. The standard InChI is InChI=1S/C9H6ClFN2O2/c10-9-12-6-2-1-5(11)3-7(6)13(9)4-8(14)15/h1-3H,4H2,(H,14,15). The number of nitrogens with zero attached hydrogens (tertiary/aromatic N) is 2. The SMILES string of the molecule is O=C(O)Cn1c(Cl)nc2ccc(F)cc21. The summed E-state index contributed by atoms with van der Waals surface area (Å²) < 4.78 is 14.2. The summed E-state index contributed by atoms with van der Waals surface area (Å²) in [6.45, 7) is -0.335. The molecule has 15 heavy (non-hydrogen) atoms. The van der Waals surface area contributed by atoms with Crippen LogP contribution in [-0.4, -0.2) is 20.6 Å². The van der Waals surface area contributed by atoms with Crippen LogP contribution in [0, 0.1) is 5.82 Å². The Morgan fingerprint density at radius 1 is 1.60 bits per heavy atom. The fourth-order valence-corrected chi connectivity index (χ4v) is 1.59. The first kappa shape index (κ1) is 9.92. The van der Waals surface area contributed by atoms with Crippen molar-refractivity contribution in [3.8, 4) is 0 Å². The van der Waals surface area contributed by atoms with Gasteiger partial charge in [-0.25, -0.2) is 9.37 Å². The summed E-state index contributed by atoms with van der Waals surface area (Å²) in [6.07, 6.45) is 0. The zero-order chi connectivity index (χ0) is 11.0. The minimum atomic E-state index is -1.06. The number of carbonyl (C=O) groups is 1. The first-order valence-electron chi connectivity index (χ1n) is 4.11. The van der Waals surface area contributed by atoms with E-state index in [9.17, 15) is 9.18 Å². The van der Waals surface area contributed by atoms with Gasteiger partial charge in [0.15, 0.2) is 0 Å². The molecule has 0 aliphatic rings. The summed E-state index contributed by atoms with van der Waals surface area (Å²) in [7, 11) is 0. The molecule has 0 fully saturated rings. The Kier molecular flexibility index (Phi) is 2.32. The van der Waals surface area contributed by atoms with Crippen molar-refractivity contribution in [2.24, 2.45) is 0 Å². The number of aromatic nitrogens is 2. The van der Waals surface area contributed by atoms with E-state index in [-0.39, 0.29) is 11.8 Å². The van der Waals surface area contributed by atoms with Crippen LogP contribution in [0.4, 0.5) is 4.39 Å². The van der Waals surface area contributed by atoms with Crippen molar-refractivity contribution in [1.82, 2.24) is 9.55 Å². The van der Waals surface area contributed by atoms with Crippen LogP contribution < -0.4 is 0 Å². The Morgan fingerprint density at radius 2 is 2.33 bits per heavy atom. The second kappa shape index (κ2) is 3.51. The van der Waals surface area contributed by atoms with Crippen LogP contribution >= 0.6 is 11.6 Å². The maximum Gasteiger partial charge on any atom is 0.323 e. The molecule has 0 atom stereocenters. The van der Waals surface area contributed by atoms with Crippen molar-refractivity contribution in [2.75, 3.05) is 0 Å². The van der Waals surface area contributed by atoms with Gasteiger partial charge in [-0.3, -0.25) is 4.79 Å². The van der Waals surface area contributed by atoms with Gasteiger partial charge in [0.05, 0.1) is 11.0 Å². The summed E-state index contributed by atoms with van der Waals surface area (Å²) in [4.78, 5) is 14.5. The second-order valence-corrected chi connectivity index (χ2v) is 3.33. The van der Waals surface area contributed by atoms with Crippen LogP contribution in [0.25, 0.3) is 11.0 Å². The number of imidazole rings is 1. The van der Waals surface area contributed by atoms with Gasteiger partial charge in [-0.2, -0.15) is 0 Å². The smallest absolute Gasteiger partial charge is 0.323 e. The van der Waals surface area contributed by atoms with E-state index in [1.165, 1.54) is 22.8 Å². The highest BCUT2D eigenvalue weighted by Gasteiger charge is 2.11. The van der Waals surface area contributed by atoms with Crippen LogP contribution in [0.1, 0.15) is 0 Å². The number of rotatable bonds is 2. The summed E-state index contributed by atoms with van der Waals surface area (Å²) in [5.74, 6) is -1.51. The minimum absolute atomic E-state index is 0.0398. The van der Waals surface area contributed by atoms with E-state index in [4.69, 9.17) is 16.7 Å². The number of fused-ring (bicyclic) bond motifs is 1. The van der Waals surface area contributed by atoms with Gasteiger partial charge >= 0.3 is 5.97 Å². The molecule has 1 aromatic carbocycles. The van der Waals surface area contributed by atoms with Crippen LogP contribution in [0.2, 0.25) is 5.28 Å². The normalized spacial score (nSPS) is 10.8. The van der Waals surface area contributed by atoms with Gasteiger partial charge in [-0.1, -0.05) is 0 Å². The number of hydrogen-bond donors (Lipinski definition) is 1. The average Bonchev–Trinajstić information content (AvgIpc) is 2.43. The molecule has 0 aliphatic carbocycles. The number of benzene rings is 1. The third kappa shape index (κ3) is 1.78. The number of aliphatic carboxylic acids is 1. The Balaban J connectivity index is 2.65. The topological polar surface area (TPSA) is 55.1 Å². The lowest BCUT2D eigenvalue weighted by Crippen LogP contribution is -2.08. The first-order chi connectivity index (χ1) is 7.08. The molecular formula is C9H6ClFN2O2. The van der Waals surface area contributed by atoms with Crippen molar-refractivity contribution < 1.29 is 14.3 Å². The molecule has 0 saturated heterocycles. The molecule has 0 saturated carbocycles. The van der Waals surface area contributed by atoms with E-state index in [0.717, 1.165) is 0 Å². The Bertz CT molecular complexity index is 538. The Hall–Kier alpha value is -1.62. The number of hydrogen-bond acceptors (Lipinski definition) is 2. The van der Waals surface area contributed by atoms with Crippen LogP contribution in [0.3, 0.4) is 0 Å². The zero-order valence-electron chi connectivity index (χ0n) is 7.44. The van der Waals surface area contributed by atoms with Gasteiger partial charge in [-0.05, 0) is 29.8 Å². The highest BCUT2D eigenvalue weighted by Crippen LogP contribution is 2.20. The molecule has 0 amide bonds. The fraction of sp³-hybridized carbons (Fsp3) is 0.111. The van der Waals surface area contributed by atoms with Crippen molar-refractivity contribution in [3.05, 3.63) is 29.3 Å².